The van der Waals surface area contributed by atoms with E-state index in [-0.39, 0.29) is 11.9 Å². The monoisotopic (exact) mass is 258 g/mol. The van der Waals surface area contributed by atoms with E-state index < -0.39 is 0 Å². The van der Waals surface area contributed by atoms with Crippen LogP contribution in [0.5, 0.6) is 0 Å². The number of benzene rings is 1. The third-order valence-electron chi connectivity index (χ3n) is 3.13. The van der Waals surface area contributed by atoms with Crippen molar-refractivity contribution < 1.29 is 9.21 Å². The van der Waals surface area contributed by atoms with Gasteiger partial charge in [-0.05, 0) is 30.2 Å². The second kappa shape index (κ2) is 4.81. The number of rotatable bonds is 2. The lowest BCUT2D eigenvalue weighted by atomic mass is 9.95. The molecule has 0 unspecified atom stereocenters. The van der Waals surface area contributed by atoms with Crippen LogP contribution in [0.25, 0.3) is 0 Å². The summed E-state index contributed by atoms with van der Waals surface area (Å²) in [6.07, 6.45) is 0.849. The summed E-state index contributed by atoms with van der Waals surface area (Å²) in [4.78, 5) is 12.2. The van der Waals surface area contributed by atoms with Gasteiger partial charge in [-0.2, -0.15) is 0 Å². The SMILES string of the molecule is Cc1nnc(NC(=O)c2cccc3c2CCNC3)o1. The minimum atomic E-state index is -0.206. The average molecular weight is 258 g/mol. The molecule has 1 aromatic heterocycles. The van der Waals surface area contributed by atoms with Crippen molar-refractivity contribution in [2.75, 3.05) is 11.9 Å². The summed E-state index contributed by atoms with van der Waals surface area (Å²) in [6.45, 7) is 3.37. The Morgan fingerprint density at radius 3 is 3.11 bits per heavy atom. The van der Waals surface area contributed by atoms with Crippen LogP contribution in [0.1, 0.15) is 27.4 Å². The third-order valence-corrected chi connectivity index (χ3v) is 3.13. The van der Waals surface area contributed by atoms with Crippen LogP contribution in [0.15, 0.2) is 22.6 Å². The molecule has 0 radical (unpaired) electrons. The number of amides is 1. The van der Waals surface area contributed by atoms with Crippen molar-refractivity contribution in [1.82, 2.24) is 15.5 Å². The van der Waals surface area contributed by atoms with Gasteiger partial charge >= 0.3 is 6.01 Å². The standard InChI is InChI=1S/C13H14N4O2/c1-8-16-17-13(19-8)15-12(18)11-4-2-3-9-7-14-6-5-10(9)11/h2-4,14H,5-7H2,1H3,(H,15,17,18). The predicted octanol–water partition coefficient (Wildman–Crippen LogP) is 1.28. The van der Waals surface area contributed by atoms with E-state index in [0.29, 0.717) is 11.5 Å². The van der Waals surface area contributed by atoms with Gasteiger partial charge in [0.1, 0.15) is 0 Å². The fourth-order valence-electron chi connectivity index (χ4n) is 2.26. The zero-order valence-corrected chi connectivity index (χ0v) is 10.6. The van der Waals surface area contributed by atoms with Gasteiger partial charge in [-0.15, -0.1) is 5.10 Å². The topological polar surface area (TPSA) is 80.0 Å². The molecular formula is C13H14N4O2. The van der Waals surface area contributed by atoms with Crippen LogP contribution >= 0.6 is 0 Å². The van der Waals surface area contributed by atoms with Crippen LogP contribution < -0.4 is 10.6 Å². The van der Waals surface area contributed by atoms with Crippen molar-refractivity contribution in [2.24, 2.45) is 0 Å². The zero-order chi connectivity index (χ0) is 13.2. The third kappa shape index (κ3) is 2.34. The van der Waals surface area contributed by atoms with Crippen LogP contribution in [0.3, 0.4) is 0 Å². The molecule has 1 aliphatic rings. The molecule has 0 bridgehead atoms. The number of hydrogen-bond acceptors (Lipinski definition) is 5. The molecule has 0 saturated carbocycles. The van der Waals surface area contributed by atoms with Gasteiger partial charge in [0.2, 0.25) is 5.89 Å². The van der Waals surface area contributed by atoms with E-state index in [4.69, 9.17) is 4.42 Å². The van der Waals surface area contributed by atoms with E-state index in [1.54, 1.807) is 6.92 Å². The second-order valence-electron chi connectivity index (χ2n) is 4.45. The number of aromatic nitrogens is 2. The summed E-state index contributed by atoms with van der Waals surface area (Å²) < 4.78 is 5.15. The Balaban J connectivity index is 1.87. The van der Waals surface area contributed by atoms with Crippen LogP contribution in [-0.4, -0.2) is 22.6 Å². The lowest BCUT2D eigenvalue weighted by molar-refractivity contribution is 0.102. The predicted molar refractivity (Wildman–Crippen MR) is 68.8 cm³/mol. The summed E-state index contributed by atoms with van der Waals surface area (Å²) in [5, 5.41) is 13.4. The molecule has 0 saturated heterocycles. The molecule has 19 heavy (non-hydrogen) atoms. The Morgan fingerprint density at radius 1 is 1.42 bits per heavy atom. The van der Waals surface area contributed by atoms with E-state index in [1.807, 2.05) is 18.2 Å². The van der Waals surface area contributed by atoms with Gasteiger partial charge in [-0.25, -0.2) is 0 Å². The molecule has 2 aromatic rings. The normalized spacial score (nSPS) is 13.9. The molecule has 1 aliphatic heterocycles. The van der Waals surface area contributed by atoms with Crippen molar-refractivity contribution in [3.8, 4) is 0 Å². The molecule has 1 aromatic carbocycles. The molecule has 1 amide bonds. The Morgan fingerprint density at radius 2 is 2.32 bits per heavy atom. The highest BCUT2D eigenvalue weighted by Gasteiger charge is 2.18. The molecule has 98 valence electrons. The van der Waals surface area contributed by atoms with E-state index in [0.717, 1.165) is 25.1 Å². The maximum Gasteiger partial charge on any atom is 0.322 e. The number of aryl methyl sites for hydroxylation is 1. The molecule has 3 rings (SSSR count). The first kappa shape index (κ1) is 11.9. The van der Waals surface area contributed by atoms with E-state index >= 15 is 0 Å². The molecule has 6 heteroatoms. The van der Waals surface area contributed by atoms with Crippen molar-refractivity contribution in [1.29, 1.82) is 0 Å². The largest absolute Gasteiger partial charge is 0.408 e. The van der Waals surface area contributed by atoms with E-state index in [1.165, 1.54) is 5.56 Å². The molecule has 6 nitrogen and oxygen atoms in total. The summed E-state index contributed by atoms with van der Waals surface area (Å²) >= 11 is 0. The summed E-state index contributed by atoms with van der Waals surface area (Å²) in [5.41, 5.74) is 2.94. The maximum absolute atomic E-state index is 12.2. The number of anilines is 1. The molecular weight excluding hydrogens is 244 g/mol. The summed E-state index contributed by atoms with van der Waals surface area (Å²) in [5.74, 6) is 0.219. The number of hydrogen-bond donors (Lipinski definition) is 2. The zero-order valence-electron chi connectivity index (χ0n) is 10.6. The van der Waals surface area contributed by atoms with Gasteiger partial charge in [0.15, 0.2) is 0 Å². The lowest BCUT2D eigenvalue weighted by Crippen LogP contribution is -2.26. The van der Waals surface area contributed by atoms with Crippen molar-refractivity contribution in [3.05, 3.63) is 40.8 Å². The highest BCUT2D eigenvalue weighted by Crippen LogP contribution is 2.19. The molecule has 0 fully saturated rings. The molecule has 0 spiro atoms. The number of nitrogens with zero attached hydrogens (tertiary/aromatic N) is 2. The Labute approximate surface area is 110 Å². The molecule has 2 N–H and O–H groups in total. The fourth-order valence-corrected chi connectivity index (χ4v) is 2.26. The number of nitrogens with one attached hydrogen (secondary N) is 2. The first-order chi connectivity index (χ1) is 9.24. The van der Waals surface area contributed by atoms with Gasteiger partial charge in [-0.1, -0.05) is 17.2 Å². The lowest BCUT2D eigenvalue weighted by Gasteiger charge is -2.19. The van der Waals surface area contributed by atoms with Gasteiger partial charge in [0.05, 0.1) is 0 Å². The van der Waals surface area contributed by atoms with Crippen LogP contribution in [0.4, 0.5) is 6.01 Å². The van der Waals surface area contributed by atoms with Crippen LogP contribution in [-0.2, 0) is 13.0 Å². The van der Waals surface area contributed by atoms with Gasteiger partial charge in [0.25, 0.3) is 5.91 Å². The van der Waals surface area contributed by atoms with E-state index in [2.05, 4.69) is 20.8 Å². The molecule has 0 aliphatic carbocycles. The number of fused-ring (bicyclic) bond motifs is 1. The summed E-state index contributed by atoms with van der Waals surface area (Å²) in [6, 6.07) is 5.88. The van der Waals surface area contributed by atoms with E-state index in [9.17, 15) is 4.79 Å². The Bertz CT molecular complexity index is 621. The Kier molecular flexibility index (Phi) is 3.00. The highest BCUT2D eigenvalue weighted by molar-refractivity contribution is 6.04. The van der Waals surface area contributed by atoms with Gasteiger partial charge in [-0.3, -0.25) is 10.1 Å². The smallest absolute Gasteiger partial charge is 0.322 e. The van der Waals surface area contributed by atoms with Gasteiger partial charge < -0.3 is 9.73 Å². The second-order valence-corrected chi connectivity index (χ2v) is 4.45. The first-order valence-corrected chi connectivity index (χ1v) is 6.17. The summed E-state index contributed by atoms with van der Waals surface area (Å²) in [7, 11) is 0. The first-order valence-electron chi connectivity index (χ1n) is 6.17. The minimum absolute atomic E-state index is 0.133. The van der Waals surface area contributed by atoms with Crippen LogP contribution in [0.2, 0.25) is 0 Å². The van der Waals surface area contributed by atoms with Gasteiger partial charge in [0, 0.05) is 19.0 Å². The number of carbonyl (C=O) groups is 1. The van der Waals surface area contributed by atoms with Crippen molar-refractivity contribution in [3.63, 3.8) is 0 Å². The minimum Gasteiger partial charge on any atom is -0.408 e. The Hall–Kier alpha value is -2.21. The number of carbonyl (C=O) groups excluding carboxylic acids is 1. The quantitative estimate of drug-likeness (QED) is 0.848. The van der Waals surface area contributed by atoms with Crippen LogP contribution in [0, 0.1) is 6.92 Å². The van der Waals surface area contributed by atoms with Crippen molar-refractivity contribution in [2.45, 2.75) is 19.9 Å². The molecule has 0 atom stereocenters. The average Bonchev–Trinajstić information content (AvgIpc) is 2.83. The van der Waals surface area contributed by atoms with Crippen molar-refractivity contribution >= 4 is 11.9 Å². The highest BCUT2D eigenvalue weighted by atomic mass is 16.4. The fraction of sp³-hybridized carbons (Fsp3) is 0.308. The molecule has 2 heterocycles. The maximum atomic E-state index is 12.2.